The van der Waals surface area contributed by atoms with Crippen LogP contribution in [-0.2, 0) is 6.54 Å². The third-order valence-corrected chi connectivity index (χ3v) is 4.18. The fraction of sp³-hybridized carbons (Fsp3) is 0.636. The van der Waals surface area contributed by atoms with Crippen LogP contribution >= 0.6 is 35.3 Å². The quantitative estimate of drug-likeness (QED) is 0.916. The molecule has 0 amide bonds. The first-order valence-electron chi connectivity index (χ1n) is 5.41. The van der Waals surface area contributed by atoms with Crippen LogP contribution in [0, 0.1) is 0 Å². The Bertz CT molecular complexity index is 311. The van der Waals surface area contributed by atoms with Crippen molar-refractivity contribution in [2.24, 2.45) is 0 Å². The van der Waals surface area contributed by atoms with E-state index in [1.807, 2.05) is 6.07 Å². The number of piperidine rings is 1. The summed E-state index contributed by atoms with van der Waals surface area (Å²) < 4.78 is 0.892. The highest BCUT2D eigenvalue weighted by molar-refractivity contribution is 7.16. The van der Waals surface area contributed by atoms with Crippen LogP contribution in [-0.4, -0.2) is 31.1 Å². The Labute approximate surface area is 112 Å². The molecule has 1 aliphatic rings. The van der Waals surface area contributed by atoms with Gasteiger partial charge < -0.3 is 5.32 Å². The van der Waals surface area contributed by atoms with E-state index in [-0.39, 0.29) is 12.4 Å². The van der Waals surface area contributed by atoms with Crippen LogP contribution < -0.4 is 5.32 Å². The maximum Gasteiger partial charge on any atom is 0.0931 e. The molecule has 0 atom stereocenters. The van der Waals surface area contributed by atoms with Crippen molar-refractivity contribution < 1.29 is 0 Å². The zero-order valence-corrected chi connectivity index (χ0v) is 11.8. The van der Waals surface area contributed by atoms with Gasteiger partial charge in [-0.1, -0.05) is 11.6 Å². The molecule has 0 radical (unpaired) electrons. The number of rotatable bonds is 3. The minimum Gasteiger partial charge on any atom is -0.317 e. The maximum atomic E-state index is 5.92. The molecule has 2 rings (SSSR count). The molecule has 1 aromatic rings. The fourth-order valence-electron chi connectivity index (χ4n) is 2.06. The van der Waals surface area contributed by atoms with Gasteiger partial charge in [0.05, 0.1) is 4.34 Å². The van der Waals surface area contributed by atoms with Crippen molar-refractivity contribution in [2.75, 3.05) is 20.1 Å². The van der Waals surface area contributed by atoms with Crippen molar-refractivity contribution in [3.63, 3.8) is 0 Å². The standard InChI is InChI=1S/C11H17ClN2S.ClH/c1-14(9-4-6-13-7-5-9)8-10-2-3-11(12)15-10;/h2-3,9,13H,4-8H2,1H3;1H. The Kier molecular flexibility index (Phi) is 6.08. The lowest BCUT2D eigenvalue weighted by Gasteiger charge is -2.31. The van der Waals surface area contributed by atoms with E-state index < -0.39 is 0 Å². The molecule has 1 N–H and O–H groups in total. The van der Waals surface area contributed by atoms with Crippen molar-refractivity contribution in [1.82, 2.24) is 10.2 Å². The molecule has 0 spiro atoms. The molecular weight excluding hydrogens is 263 g/mol. The lowest BCUT2D eigenvalue weighted by Crippen LogP contribution is -2.40. The van der Waals surface area contributed by atoms with E-state index in [4.69, 9.17) is 11.6 Å². The number of halogens is 2. The summed E-state index contributed by atoms with van der Waals surface area (Å²) in [6.45, 7) is 3.34. The largest absolute Gasteiger partial charge is 0.317 e. The number of thiophene rings is 1. The Balaban J connectivity index is 0.00000128. The molecule has 5 heteroatoms. The van der Waals surface area contributed by atoms with Gasteiger partial charge in [0, 0.05) is 17.5 Å². The smallest absolute Gasteiger partial charge is 0.0931 e. The minimum absolute atomic E-state index is 0. The Morgan fingerprint density at radius 1 is 1.44 bits per heavy atom. The second-order valence-corrected chi connectivity index (χ2v) is 5.90. The minimum atomic E-state index is 0. The van der Waals surface area contributed by atoms with E-state index in [1.54, 1.807) is 11.3 Å². The van der Waals surface area contributed by atoms with E-state index in [0.29, 0.717) is 0 Å². The highest BCUT2D eigenvalue weighted by Crippen LogP contribution is 2.23. The number of hydrogen-bond acceptors (Lipinski definition) is 3. The van der Waals surface area contributed by atoms with Crippen molar-refractivity contribution in [1.29, 1.82) is 0 Å². The Hall–Kier alpha value is 0.200. The van der Waals surface area contributed by atoms with Gasteiger partial charge in [-0.3, -0.25) is 4.90 Å². The lowest BCUT2D eigenvalue weighted by molar-refractivity contribution is 0.193. The van der Waals surface area contributed by atoms with E-state index in [9.17, 15) is 0 Å². The second kappa shape index (κ2) is 6.82. The first-order valence-corrected chi connectivity index (χ1v) is 6.60. The van der Waals surface area contributed by atoms with Crippen LogP contribution in [0.5, 0.6) is 0 Å². The predicted octanol–water partition coefficient (Wildman–Crippen LogP) is 3.01. The van der Waals surface area contributed by atoms with Crippen molar-refractivity contribution >= 4 is 35.3 Å². The van der Waals surface area contributed by atoms with E-state index in [1.165, 1.54) is 17.7 Å². The van der Waals surface area contributed by atoms with Gasteiger partial charge in [0.1, 0.15) is 0 Å². The molecule has 92 valence electrons. The molecule has 1 aliphatic heterocycles. The zero-order valence-electron chi connectivity index (χ0n) is 9.41. The van der Waals surface area contributed by atoms with Gasteiger partial charge >= 0.3 is 0 Å². The highest BCUT2D eigenvalue weighted by Gasteiger charge is 2.17. The van der Waals surface area contributed by atoms with Crippen molar-refractivity contribution in [3.05, 3.63) is 21.3 Å². The molecule has 1 fully saturated rings. The summed E-state index contributed by atoms with van der Waals surface area (Å²) in [6.07, 6.45) is 2.52. The van der Waals surface area contributed by atoms with E-state index in [2.05, 4.69) is 23.3 Å². The summed E-state index contributed by atoms with van der Waals surface area (Å²) in [6, 6.07) is 4.84. The number of nitrogens with zero attached hydrogens (tertiary/aromatic N) is 1. The molecule has 2 nitrogen and oxygen atoms in total. The molecular formula is C11H18Cl2N2S. The first-order chi connectivity index (χ1) is 7.25. The monoisotopic (exact) mass is 280 g/mol. The summed E-state index contributed by atoms with van der Waals surface area (Å²) in [5, 5.41) is 3.39. The molecule has 0 unspecified atom stereocenters. The van der Waals surface area contributed by atoms with Crippen LogP contribution in [0.15, 0.2) is 12.1 Å². The molecule has 0 aliphatic carbocycles. The van der Waals surface area contributed by atoms with E-state index >= 15 is 0 Å². The van der Waals surface area contributed by atoms with Gasteiger partial charge in [-0.25, -0.2) is 0 Å². The maximum absolute atomic E-state index is 5.92. The average molecular weight is 281 g/mol. The first kappa shape index (κ1) is 14.3. The molecule has 16 heavy (non-hydrogen) atoms. The number of hydrogen-bond donors (Lipinski definition) is 1. The average Bonchev–Trinajstić information content (AvgIpc) is 2.65. The predicted molar refractivity (Wildman–Crippen MR) is 73.9 cm³/mol. The Morgan fingerprint density at radius 3 is 2.69 bits per heavy atom. The third kappa shape index (κ3) is 3.90. The summed E-state index contributed by atoms with van der Waals surface area (Å²) in [7, 11) is 2.21. The molecule has 0 saturated carbocycles. The van der Waals surface area contributed by atoms with Crippen LogP contribution in [0.1, 0.15) is 17.7 Å². The van der Waals surface area contributed by atoms with Gasteiger partial charge in [-0.2, -0.15) is 0 Å². The van der Waals surface area contributed by atoms with Gasteiger partial charge in [0.25, 0.3) is 0 Å². The summed E-state index contributed by atoms with van der Waals surface area (Å²) >= 11 is 7.61. The highest BCUT2D eigenvalue weighted by atomic mass is 35.5. The van der Waals surface area contributed by atoms with E-state index in [0.717, 1.165) is 30.0 Å². The van der Waals surface area contributed by atoms with Gasteiger partial charge in [0.15, 0.2) is 0 Å². The van der Waals surface area contributed by atoms with Crippen LogP contribution in [0.25, 0.3) is 0 Å². The van der Waals surface area contributed by atoms with Gasteiger partial charge in [0.2, 0.25) is 0 Å². The summed E-state index contributed by atoms with van der Waals surface area (Å²) in [5.41, 5.74) is 0. The second-order valence-electron chi connectivity index (χ2n) is 4.10. The van der Waals surface area contributed by atoms with Crippen LogP contribution in [0.2, 0.25) is 4.34 Å². The zero-order chi connectivity index (χ0) is 10.7. The van der Waals surface area contributed by atoms with Crippen molar-refractivity contribution in [2.45, 2.75) is 25.4 Å². The topological polar surface area (TPSA) is 15.3 Å². The summed E-state index contributed by atoms with van der Waals surface area (Å²) in [4.78, 5) is 3.81. The van der Waals surface area contributed by atoms with Crippen LogP contribution in [0.4, 0.5) is 0 Å². The van der Waals surface area contributed by atoms with Crippen LogP contribution in [0.3, 0.4) is 0 Å². The molecule has 1 saturated heterocycles. The third-order valence-electron chi connectivity index (χ3n) is 2.97. The fourth-order valence-corrected chi connectivity index (χ4v) is 3.21. The molecule has 0 aromatic carbocycles. The molecule has 2 heterocycles. The lowest BCUT2D eigenvalue weighted by atomic mass is 10.1. The Morgan fingerprint density at radius 2 is 2.12 bits per heavy atom. The molecule has 0 bridgehead atoms. The normalized spacial score (nSPS) is 17.4. The van der Waals surface area contributed by atoms with Gasteiger partial charge in [-0.15, -0.1) is 23.7 Å². The number of nitrogens with one attached hydrogen (secondary N) is 1. The molecule has 1 aromatic heterocycles. The summed E-state index contributed by atoms with van der Waals surface area (Å²) in [5.74, 6) is 0. The van der Waals surface area contributed by atoms with Crippen molar-refractivity contribution in [3.8, 4) is 0 Å². The SMILES string of the molecule is CN(Cc1ccc(Cl)s1)C1CCNCC1.Cl. The van der Waals surface area contributed by atoms with Gasteiger partial charge in [-0.05, 0) is 45.1 Å².